The molecule has 0 unspecified atom stereocenters. The molecule has 1 N–H and O–H groups in total. The van der Waals surface area contributed by atoms with Gasteiger partial charge in [-0.1, -0.05) is 6.42 Å². The fourth-order valence-electron chi connectivity index (χ4n) is 4.18. The van der Waals surface area contributed by atoms with E-state index >= 15 is 0 Å². The molecule has 4 heterocycles. The summed E-state index contributed by atoms with van der Waals surface area (Å²) in [5.74, 6) is 2.45. The van der Waals surface area contributed by atoms with Gasteiger partial charge in [-0.2, -0.15) is 4.52 Å². The molecule has 152 valence electrons. The average molecular weight is 388 g/mol. The Balaban J connectivity index is 1.22. The van der Waals surface area contributed by atoms with Crippen molar-refractivity contribution in [3.8, 4) is 0 Å². The van der Waals surface area contributed by atoms with Gasteiger partial charge in [0.2, 0.25) is 0 Å². The standard InChI is InChI=1S/C19H28N6O3/c1-23(11-19(26)12-27-7-8-28-13-19)15-9-24(10-15)17-6-5-16-20-21-18(25(16)22-17)14-3-2-4-14/h5-6,14-15,26H,2-4,7-13H2,1H3. The Morgan fingerprint density at radius 3 is 2.61 bits per heavy atom. The second-order valence-electron chi connectivity index (χ2n) is 8.45. The molecule has 9 nitrogen and oxygen atoms in total. The maximum atomic E-state index is 10.7. The summed E-state index contributed by atoms with van der Waals surface area (Å²) in [6.45, 7) is 4.04. The molecule has 2 saturated heterocycles. The van der Waals surface area contributed by atoms with Crippen molar-refractivity contribution in [1.82, 2.24) is 24.7 Å². The smallest absolute Gasteiger partial charge is 0.178 e. The van der Waals surface area contributed by atoms with Crippen LogP contribution in [0.4, 0.5) is 5.82 Å². The van der Waals surface area contributed by atoms with Crippen LogP contribution in [0.25, 0.3) is 5.65 Å². The summed E-state index contributed by atoms with van der Waals surface area (Å²) in [6.07, 6.45) is 3.63. The van der Waals surface area contributed by atoms with Crippen LogP contribution in [-0.2, 0) is 9.47 Å². The third kappa shape index (κ3) is 3.36. The predicted octanol–water partition coefficient (Wildman–Crippen LogP) is 0.290. The van der Waals surface area contributed by atoms with E-state index in [1.807, 2.05) is 16.6 Å². The van der Waals surface area contributed by atoms with Gasteiger partial charge in [0.25, 0.3) is 0 Å². The van der Waals surface area contributed by atoms with Crippen molar-refractivity contribution in [2.75, 3.05) is 58.0 Å². The van der Waals surface area contributed by atoms with Gasteiger partial charge < -0.3 is 19.5 Å². The third-order valence-electron chi connectivity index (χ3n) is 6.21. The van der Waals surface area contributed by atoms with Crippen LogP contribution in [0.5, 0.6) is 0 Å². The Kier molecular flexibility index (Phi) is 4.70. The third-order valence-corrected chi connectivity index (χ3v) is 6.21. The number of ether oxygens (including phenoxy) is 2. The predicted molar refractivity (Wildman–Crippen MR) is 103 cm³/mol. The number of rotatable bonds is 5. The number of hydrogen-bond acceptors (Lipinski definition) is 8. The molecule has 2 aliphatic heterocycles. The lowest BCUT2D eigenvalue weighted by Gasteiger charge is -2.46. The van der Waals surface area contributed by atoms with E-state index in [-0.39, 0.29) is 0 Å². The number of fused-ring (bicyclic) bond motifs is 1. The molecule has 28 heavy (non-hydrogen) atoms. The van der Waals surface area contributed by atoms with E-state index in [4.69, 9.17) is 14.6 Å². The molecule has 1 aliphatic carbocycles. The molecule has 9 heteroatoms. The molecule has 3 fully saturated rings. The van der Waals surface area contributed by atoms with Gasteiger partial charge in [0.05, 0.1) is 26.4 Å². The maximum Gasteiger partial charge on any atom is 0.178 e. The van der Waals surface area contributed by atoms with Crippen LogP contribution in [0.3, 0.4) is 0 Å². The van der Waals surface area contributed by atoms with Crippen molar-refractivity contribution in [2.24, 2.45) is 0 Å². The van der Waals surface area contributed by atoms with Crippen molar-refractivity contribution in [3.63, 3.8) is 0 Å². The normalized spacial score (nSPS) is 23.6. The molecule has 0 aromatic carbocycles. The monoisotopic (exact) mass is 388 g/mol. The Morgan fingerprint density at radius 2 is 1.93 bits per heavy atom. The topological polar surface area (TPSA) is 88.3 Å². The van der Waals surface area contributed by atoms with Gasteiger partial charge in [-0.25, -0.2) is 0 Å². The lowest BCUT2D eigenvalue weighted by molar-refractivity contribution is -0.0773. The van der Waals surface area contributed by atoms with E-state index in [1.165, 1.54) is 19.3 Å². The first-order valence-corrected chi connectivity index (χ1v) is 10.2. The SMILES string of the molecule is CN(CC1(O)COCCOC1)C1CN(c2ccc3nnc(C4CCC4)n3n2)C1. The zero-order valence-electron chi connectivity index (χ0n) is 16.3. The first kappa shape index (κ1) is 18.2. The van der Waals surface area contributed by atoms with E-state index in [2.05, 4.69) is 27.0 Å². The highest BCUT2D eigenvalue weighted by molar-refractivity contribution is 5.48. The minimum absolute atomic E-state index is 0.323. The molecule has 5 rings (SSSR count). The second kappa shape index (κ2) is 7.22. The molecule has 2 aromatic heterocycles. The van der Waals surface area contributed by atoms with Gasteiger partial charge in [-0.3, -0.25) is 4.90 Å². The first-order chi connectivity index (χ1) is 13.6. The zero-order valence-corrected chi connectivity index (χ0v) is 16.3. The molecule has 0 radical (unpaired) electrons. The van der Waals surface area contributed by atoms with Crippen LogP contribution in [0.2, 0.25) is 0 Å². The van der Waals surface area contributed by atoms with Crippen LogP contribution < -0.4 is 4.90 Å². The van der Waals surface area contributed by atoms with Crippen molar-refractivity contribution in [3.05, 3.63) is 18.0 Å². The summed E-state index contributed by atoms with van der Waals surface area (Å²) >= 11 is 0. The van der Waals surface area contributed by atoms with Gasteiger partial charge in [0.1, 0.15) is 11.4 Å². The lowest BCUT2D eigenvalue weighted by atomic mass is 9.85. The molecule has 0 bridgehead atoms. The van der Waals surface area contributed by atoms with Crippen LogP contribution in [0.1, 0.15) is 31.0 Å². The molecular weight excluding hydrogens is 360 g/mol. The summed E-state index contributed by atoms with van der Waals surface area (Å²) in [6, 6.07) is 4.39. The summed E-state index contributed by atoms with van der Waals surface area (Å²) in [5.41, 5.74) is -0.126. The van der Waals surface area contributed by atoms with Gasteiger partial charge in [-0.05, 0) is 32.0 Å². The number of anilines is 1. The van der Waals surface area contributed by atoms with E-state index < -0.39 is 5.60 Å². The van der Waals surface area contributed by atoms with Gasteiger partial charge >= 0.3 is 0 Å². The second-order valence-corrected chi connectivity index (χ2v) is 8.45. The highest BCUT2D eigenvalue weighted by atomic mass is 16.6. The summed E-state index contributed by atoms with van der Waals surface area (Å²) < 4.78 is 12.9. The molecule has 0 amide bonds. The first-order valence-electron chi connectivity index (χ1n) is 10.2. The Bertz CT molecular complexity index is 824. The van der Waals surface area contributed by atoms with E-state index in [0.29, 0.717) is 44.9 Å². The van der Waals surface area contributed by atoms with Gasteiger partial charge in [-0.15, -0.1) is 15.3 Å². The summed E-state index contributed by atoms with van der Waals surface area (Å²) in [7, 11) is 2.05. The van der Waals surface area contributed by atoms with Crippen molar-refractivity contribution in [1.29, 1.82) is 0 Å². The molecule has 0 atom stereocenters. The minimum Gasteiger partial charge on any atom is -0.384 e. The maximum absolute atomic E-state index is 10.7. The number of hydrogen-bond donors (Lipinski definition) is 1. The number of aliphatic hydroxyl groups is 1. The summed E-state index contributed by atoms with van der Waals surface area (Å²) in [4.78, 5) is 4.46. The van der Waals surface area contributed by atoms with Gasteiger partial charge in [0.15, 0.2) is 11.5 Å². The molecule has 2 aromatic rings. The molecule has 3 aliphatic rings. The highest BCUT2D eigenvalue weighted by Gasteiger charge is 2.37. The quantitative estimate of drug-likeness (QED) is 0.782. The highest BCUT2D eigenvalue weighted by Crippen LogP contribution is 2.35. The van der Waals surface area contributed by atoms with Gasteiger partial charge in [0, 0.05) is 31.6 Å². The van der Waals surface area contributed by atoms with Crippen LogP contribution in [0, 0.1) is 0 Å². The fourth-order valence-corrected chi connectivity index (χ4v) is 4.18. The van der Waals surface area contributed by atoms with Crippen LogP contribution in [-0.4, -0.2) is 94.6 Å². The number of likely N-dealkylation sites (N-methyl/N-ethyl adjacent to an activating group) is 1. The summed E-state index contributed by atoms with van der Waals surface area (Å²) in [5, 5.41) is 24.2. The van der Waals surface area contributed by atoms with Crippen molar-refractivity contribution < 1.29 is 14.6 Å². The van der Waals surface area contributed by atoms with E-state index in [1.54, 1.807) is 0 Å². The van der Waals surface area contributed by atoms with Crippen molar-refractivity contribution in [2.45, 2.75) is 36.8 Å². The molecule has 0 spiro atoms. The Morgan fingerprint density at radius 1 is 1.18 bits per heavy atom. The zero-order chi connectivity index (χ0) is 19.1. The number of nitrogens with zero attached hydrogens (tertiary/aromatic N) is 6. The van der Waals surface area contributed by atoms with E-state index in [0.717, 1.165) is 30.4 Å². The van der Waals surface area contributed by atoms with E-state index in [9.17, 15) is 5.11 Å². The van der Waals surface area contributed by atoms with Crippen LogP contribution in [0.15, 0.2) is 12.1 Å². The molecule has 1 saturated carbocycles. The molecular formula is C19H28N6O3. The van der Waals surface area contributed by atoms with Crippen molar-refractivity contribution >= 4 is 11.5 Å². The minimum atomic E-state index is -0.941. The van der Waals surface area contributed by atoms with Crippen LogP contribution >= 0.6 is 0 Å². The Labute approximate surface area is 164 Å². The lowest BCUT2D eigenvalue weighted by Crippen LogP contribution is -2.62. The average Bonchev–Trinajstić information content (AvgIpc) is 2.85. The fraction of sp³-hybridized carbons (Fsp3) is 0.737. The number of aromatic nitrogens is 4. The largest absolute Gasteiger partial charge is 0.384 e. The Hall–Kier alpha value is -1.81.